The summed E-state index contributed by atoms with van der Waals surface area (Å²) in [4.78, 5) is 25.4. The molecule has 2 bridgehead atoms. The Bertz CT molecular complexity index is 808. The monoisotopic (exact) mass is 408 g/mol. The molecule has 3 aliphatic rings. The first-order chi connectivity index (χ1) is 13.1. The SMILES string of the molecule is CC(=O)OCC1=C[C@@H]2C(=O)[C@]3(C=C(C)[C@H](O)C3(O)[C@@H]1O)[C@H](C)C[C@@](C)(O)C2(C)C. The summed E-state index contributed by atoms with van der Waals surface area (Å²) in [6, 6.07) is 0. The molecule has 1 spiro atoms. The van der Waals surface area contributed by atoms with Crippen LogP contribution < -0.4 is 0 Å². The molecule has 0 heterocycles. The second kappa shape index (κ2) is 6.48. The van der Waals surface area contributed by atoms with E-state index in [1.165, 1.54) is 13.0 Å². The Kier molecular flexibility index (Phi) is 4.95. The highest BCUT2D eigenvalue weighted by Gasteiger charge is 2.73. The first kappa shape index (κ1) is 22.2. The number of esters is 1. The van der Waals surface area contributed by atoms with Crippen LogP contribution in [-0.4, -0.2) is 62.2 Å². The minimum absolute atomic E-state index is 0.142. The Morgan fingerprint density at radius 1 is 1.21 bits per heavy atom. The third-order valence-electron chi connectivity index (χ3n) is 7.89. The number of aliphatic hydroxyl groups excluding tert-OH is 2. The number of rotatable bonds is 2. The lowest BCUT2D eigenvalue weighted by Gasteiger charge is -2.48. The molecule has 1 unspecified atom stereocenters. The Morgan fingerprint density at radius 2 is 1.79 bits per heavy atom. The lowest BCUT2D eigenvalue weighted by atomic mass is 9.59. The highest BCUT2D eigenvalue weighted by molar-refractivity contribution is 5.95. The van der Waals surface area contributed by atoms with E-state index in [1.54, 1.807) is 40.7 Å². The van der Waals surface area contributed by atoms with Crippen LogP contribution >= 0.6 is 0 Å². The molecule has 7 atom stereocenters. The normalized spacial score (nSPS) is 46.2. The smallest absolute Gasteiger partial charge is 0.302 e. The van der Waals surface area contributed by atoms with Crippen molar-refractivity contribution in [3.63, 3.8) is 0 Å². The summed E-state index contributed by atoms with van der Waals surface area (Å²) in [5, 5.41) is 45.3. The number of hydrogen-bond donors (Lipinski definition) is 4. The summed E-state index contributed by atoms with van der Waals surface area (Å²) in [6.45, 7) is 9.48. The zero-order valence-corrected chi connectivity index (χ0v) is 17.9. The van der Waals surface area contributed by atoms with Gasteiger partial charge in [0.05, 0.1) is 11.0 Å². The van der Waals surface area contributed by atoms with Crippen molar-refractivity contribution in [2.45, 2.75) is 71.4 Å². The van der Waals surface area contributed by atoms with Crippen molar-refractivity contribution >= 4 is 11.8 Å². The summed E-state index contributed by atoms with van der Waals surface area (Å²) in [7, 11) is 0. The van der Waals surface area contributed by atoms with Gasteiger partial charge < -0.3 is 25.2 Å². The topological polar surface area (TPSA) is 124 Å². The van der Waals surface area contributed by atoms with Crippen LogP contribution in [0.4, 0.5) is 0 Å². The third-order valence-corrected chi connectivity index (χ3v) is 7.89. The molecule has 0 aromatic carbocycles. The van der Waals surface area contributed by atoms with Crippen LogP contribution in [0.5, 0.6) is 0 Å². The summed E-state index contributed by atoms with van der Waals surface area (Å²) in [6.07, 6.45) is 0.175. The molecule has 0 aromatic heterocycles. The van der Waals surface area contributed by atoms with Crippen LogP contribution in [0, 0.1) is 22.7 Å². The summed E-state index contributed by atoms with van der Waals surface area (Å²) in [5.41, 5.74) is -5.50. The number of ketones is 1. The van der Waals surface area contributed by atoms with Crippen LogP contribution in [0.2, 0.25) is 0 Å². The van der Waals surface area contributed by atoms with Crippen LogP contribution in [-0.2, 0) is 14.3 Å². The predicted molar refractivity (Wildman–Crippen MR) is 105 cm³/mol. The van der Waals surface area contributed by atoms with Crippen LogP contribution in [0.15, 0.2) is 23.3 Å². The number of carbonyl (C=O) groups is 2. The Labute approximate surface area is 171 Å². The van der Waals surface area contributed by atoms with E-state index in [2.05, 4.69) is 0 Å². The fourth-order valence-corrected chi connectivity index (χ4v) is 5.68. The molecule has 3 aliphatic carbocycles. The molecule has 0 amide bonds. The number of hydrogen-bond acceptors (Lipinski definition) is 7. The predicted octanol–water partition coefficient (Wildman–Crippen LogP) is 0.891. The van der Waals surface area contributed by atoms with Gasteiger partial charge in [-0.25, -0.2) is 0 Å². The van der Waals surface area contributed by atoms with E-state index < -0.39 is 52.0 Å². The average Bonchev–Trinajstić information content (AvgIpc) is 2.75. The van der Waals surface area contributed by atoms with Gasteiger partial charge in [0.2, 0.25) is 0 Å². The highest BCUT2D eigenvalue weighted by Crippen LogP contribution is 2.62. The zero-order valence-electron chi connectivity index (χ0n) is 17.9. The minimum Gasteiger partial charge on any atom is -0.461 e. The maximum absolute atomic E-state index is 14.0. The van der Waals surface area contributed by atoms with E-state index in [9.17, 15) is 30.0 Å². The van der Waals surface area contributed by atoms with Gasteiger partial charge in [-0.2, -0.15) is 0 Å². The van der Waals surface area contributed by atoms with Gasteiger partial charge in [-0.1, -0.05) is 32.9 Å². The van der Waals surface area contributed by atoms with E-state index >= 15 is 0 Å². The molecule has 0 radical (unpaired) electrons. The molecule has 3 rings (SSSR count). The highest BCUT2D eigenvalue weighted by atomic mass is 16.5. The number of aliphatic hydroxyl groups is 4. The van der Waals surface area contributed by atoms with Crippen molar-refractivity contribution in [1.82, 2.24) is 0 Å². The fourth-order valence-electron chi connectivity index (χ4n) is 5.68. The first-order valence-corrected chi connectivity index (χ1v) is 10.0. The summed E-state index contributed by atoms with van der Waals surface area (Å²) < 4.78 is 5.07. The van der Waals surface area contributed by atoms with Gasteiger partial charge in [0, 0.05) is 18.3 Å². The minimum atomic E-state index is -2.23. The van der Waals surface area contributed by atoms with Crippen molar-refractivity contribution in [3.8, 4) is 0 Å². The van der Waals surface area contributed by atoms with E-state index in [1.807, 2.05) is 0 Å². The maximum atomic E-state index is 14.0. The van der Waals surface area contributed by atoms with Crippen LogP contribution in [0.3, 0.4) is 0 Å². The van der Waals surface area contributed by atoms with Crippen LogP contribution in [0.25, 0.3) is 0 Å². The largest absolute Gasteiger partial charge is 0.461 e. The number of fused-ring (bicyclic) bond motifs is 1. The molecular weight excluding hydrogens is 376 g/mol. The van der Waals surface area contributed by atoms with E-state index in [4.69, 9.17) is 4.74 Å². The van der Waals surface area contributed by atoms with E-state index in [0.29, 0.717) is 5.57 Å². The standard InChI is InChI=1S/C22H32O7/c1-11-8-21-12(2)9-20(6,27)19(4,5)15(18(21)26)7-14(10-29-13(3)23)17(25)22(21,28)16(11)24/h7-8,12,15-17,24-25,27-28H,9-10H2,1-6H3/t12-,15-,16+,17-,20-,21+,22?/m1/s1. The summed E-state index contributed by atoms with van der Waals surface area (Å²) >= 11 is 0. The lowest BCUT2D eigenvalue weighted by Crippen LogP contribution is -2.65. The first-order valence-electron chi connectivity index (χ1n) is 10.0. The Hall–Kier alpha value is -1.54. The maximum Gasteiger partial charge on any atom is 0.302 e. The molecule has 1 saturated carbocycles. The second-order valence-corrected chi connectivity index (χ2v) is 9.85. The molecule has 0 aliphatic heterocycles. The third kappa shape index (κ3) is 2.64. The van der Waals surface area contributed by atoms with Gasteiger partial charge in [-0.05, 0) is 37.3 Å². The number of ether oxygens (including phenoxy) is 1. The van der Waals surface area contributed by atoms with Crippen molar-refractivity contribution in [3.05, 3.63) is 23.3 Å². The molecule has 0 saturated heterocycles. The van der Waals surface area contributed by atoms with Gasteiger partial charge in [-0.3, -0.25) is 9.59 Å². The fraction of sp³-hybridized carbons (Fsp3) is 0.727. The second-order valence-electron chi connectivity index (χ2n) is 9.85. The van der Waals surface area contributed by atoms with Gasteiger partial charge in [0.1, 0.15) is 24.4 Å². The molecule has 0 aromatic rings. The molecule has 162 valence electrons. The van der Waals surface area contributed by atoms with Gasteiger partial charge in [0.15, 0.2) is 5.78 Å². The van der Waals surface area contributed by atoms with Crippen molar-refractivity contribution in [2.24, 2.45) is 22.7 Å². The van der Waals surface area contributed by atoms with Crippen molar-refractivity contribution in [2.75, 3.05) is 6.61 Å². The number of carbonyl (C=O) groups excluding carboxylic acids is 2. The van der Waals surface area contributed by atoms with E-state index in [-0.39, 0.29) is 24.4 Å². The Balaban J connectivity index is 2.34. The molecule has 7 heteroatoms. The molecule has 7 nitrogen and oxygen atoms in total. The summed E-state index contributed by atoms with van der Waals surface area (Å²) in [5.74, 6) is -2.37. The quantitative estimate of drug-likeness (QED) is 0.395. The van der Waals surface area contributed by atoms with Gasteiger partial charge in [0.25, 0.3) is 0 Å². The molecular formula is C22H32O7. The zero-order chi connectivity index (χ0) is 22.2. The average molecular weight is 408 g/mol. The number of Topliss-reactive ketones (excluding diaryl/α,β-unsaturated/α-hetero) is 1. The van der Waals surface area contributed by atoms with Gasteiger partial charge >= 0.3 is 5.97 Å². The molecule has 1 fully saturated rings. The van der Waals surface area contributed by atoms with Gasteiger partial charge in [-0.15, -0.1) is 0 Å². The van der Waals surface area contributed by atoms with Crippen molar-refractivity contribution in [1.29, 1.82) is 0 Å². The molecule has 4 N–H and O–H groups in total. The molecule has 29 heavy (non-hydrogen) atoms. The van der Waals surface area contributed by atoms with Crippen LogP contribution in [0.1, 0.15) is 48.0 Å². The van der Waals surface area contributed by atoms with Crippen molar-refractivity contribution < 1.29 is 34.8 Å². The van der Waals surface area contributed by atoms with E-state index in [0.717, 1.165) is 0 Å². The number of allylic oxidation sites excluding steroid dienone is 1. The Morgan fingerprint density at radius 3 is 2.34 bits per heavy atom. The lowest BCUT2D eigenvalue weighted by molar-refractivity contribution is -0.190.